The highest BCUT2D eigenvalue weighted by molar-refractivity contribution is 7.89. The summed E-state index contributed by atoms with van der Waals surface area (Å²) in [7, 11) is -1.77. The summed E-state index contributed by atoms with van der Waals surface area (Å²) in [6.07, 6.45) is 3.21. The van der Waals surface area contributed by atoms with E-state index in [1.807, 2.05) is 13.8 Å². The third-order valence-electron chi connectivity index (χ3n) is 3.21. The van der Waals surface area contributed by atoms with Gasteiger partial charge in [-0.05, 0) is 13.8 Å². The van der Waals surface area contributed by atoms with E-state index in [9.17, 15) is 8.42 Å². The Morgan fingerprint density at radius 1 is 1.40 bits per heavy atom. The molecule has 0 amide bonds. The molecule has 1 fully saturated rings. The van der Waals surface area contributed by atoms with Crippen molar-refractivity contribution in [3.05, 3.63) is 12.4 Å². The van der Waals surface area contributed by atoms with Crippen LogP contribution in [0.5, 0.6) is 0 Å². The van der Waals surface area contributed by atoms with Gasteiger partial charge in [-0.1, -0.05) is 0 Å². The molecule has 1 aromatic rings. The van der Waals surface area contributed by atoms with Gasteiger partial charge in [-0.2, -0.15) is 5.10 Å². The van der Waals surface area contributed by atoms with E-state index in [0.29, 0.717) is 13.1 Å². The van der Waals surface area contributed by atoms with E-state index in [0.717, 1.165) is 13.1 Å². The molecule has 7 nitrogen and oxygen atoms in total. The summed E-state index contributed by atoms with van der Waals surface area (Å²) in [5.41, 5.74) is 0. The molecule has 0 aromatic carbocycles. The number of ether oxygens (including phenoxy) is 1. The summed E-state index contributed by atoms with van der Waals surface area (Å²) in [5.74, 6) is 0. The van der Waals surface area contributed by atoms with Crippen molar-refractivity contribution in [3.63, 3.8) is 0 Å². The molecule has 0 radical (unpaired) electrons. The monoisotopic (exact) mass is 302 g/mol. The lowest BCUT2D eigenvalue weighted by molar-refractivity contribution is -0.0671. The Labute approximate surface area is 120 Å². The fraction of sp³-hybridized carbons (Fsp3) is 0.750. The van der Waals surface area contributed by atoms with Gasteiger partial charge < -0.3 is 4.74 Å². The molecule has 0 saturated carbocycles. The molecule has 2 atom stereocenters. The Balaban J connectivity index is 1.83. The van der Waals surface area contributed by atoms with Crippen molar-refractivity contribution >= 4 is 10.0 Å². The van der Waals surface area contributed by atoms with Crippen LogP contribution in [0.15, 0.2) is 17.3 Å². The van der Waals surface area contributed by atoms with E-state index in [2.05, 4.69) is 14.7 Å². The van der Waals surface area contributed by atoms with Gasteiger partial charge in [0.05, 0.1) is 18.4 Å². The van der Waals surface area contributed by atoms with Crippen LogP contribution >= 0.6 is 0 Å². The van der Waals surface area contributed by atoms with Crippen LogP contribution in [0.4, 0.5) is 0 Å². The molecule has 1 aromatic heterocycles. The average Bonchev–Trinajstić information content (AvgIpc) is 2.75. The second-order valence-electron chi connectivity index (χ2n) is 5.26. The molecule has 0 aliphatic carbocycles. The van der Waals surface area contributed by atoms with Gasteiger partial charge in [-0.3, -0.25) is 9.58 Å². The van der Waals surface area contributed by atoms with Crippen molar-refractivity contribution in [1.29, 1.82) is 0 Å². The Morgan fingerprint density at radius 2 is 2.05 bits per heavy atom. The minimum Gasteiger partial charge on any atom is -0.373 e. The highest BCUT2D eigenvalue weighted by Gasteiger charge is 2.22. The van der Waals surface area contributed by atoms with Gasteiger partial charge in [0.1, 0.15) is 4.90 Å². The zero-order chi connectivity index (χ0) is 14.8. The molecule has 2 rings (SSSR count). The molecule has 2 heterocycles. The average molecular weight is 302 g/mol. The SMILES string of the molecule is C[C@@H]1CN(CCNS(=O)(=O)c2cnn(C)c2)C[C@H](C)O1. The summed E-state index contributed by atoms with van der Waals surface area (Å²) in [5, 5.41) is 3.87. The van der Waals surface area contributed by atoms with Crippen molar-refractivity contribution < 1.29 is 13.2 Å². The summed E-state index contributed by atoms with van der Waals surface area (Å²) in [6.45, 7) is 6.79. The highest BCUT2D eigenvalue weighted by Crippen LogP contribution is 2.10. The van der Waals surface area contributed by atoms with Crippen molar-refractivity contribution in [2.45, 2.75) is 31.0 Å². The van der Waals surface area contributed by atoms with E-state index in [-0.39, 0.29) is 17.1 Å². The number of sulfonamides is 1. The lowest BCUT2D eigenvalue weighted by Crippen LogP contribution is -2.47. The molecular formula is C12H22N4O3S. The Kier molecular flexibility index (Phi) is 4.79. The summed E-state index contributed by atoms with van der Waals surface area (Å²) in [4.78, 5) is 2.41. The summed E-state index contributed by atoms with van der Waals surface area (Å²) < 4.78 is 33.7. The fourth-order valence-corrected chi connectivity index (χ4v) is 3.43. The van der Waals surface area contributed by atoms with E-state index >= 15 is 0 Å². The van der Waals surface area contributed by atoms with Crippen LogP contribution in [-0.2, 0) is 21.8 Å². The van der Waals surface area contributed by atoms with Crippen LogP contribution in [-0.4, -0.2) is 61.5 Å². The number of aromatic nitrogens is 2. The van der Waals surface area contributed by atoms with Gasteiger partial charge in [-0.15, -0.1) is 0 Å². The zero-order valence-corrected chi connectivity index (χ0v) is 12.9. The number of nitrogens with zero attached hydrogens (tertiary/aromatic N) is 3. The predicted molar refractivity (Wildman–Crippen MR) is 74.8 cm³/mol. The van der Waals surface area contributed by atoms with Crippen LogP contribution in [0.3, 0.4) is 0 Å². The van der Waals surface area contributed by atoms with E-state index in [1.54, 1.807) is 7.05 Å². The van der Waals surface area contributed by atoms with Gasteiger partial charge in [0.15, 0.2) is 0 Å². The Bertz CT molecular complexity index is 533. The minimum atomic E-state index is -3.46. The molecule has 8 heteroatoms. The maximum Gasteiger partial charge on any atom is 0.243 e. The fourth-order valence-electron chi connectivity index (χ4n) is 2.43. The van der Waals surface area contributed by atoms with E-state index in [1.165, 1.54) is 17.1 Å². The molecule has 0 unspecified atom stereocenters. The first-order chi connectivity index (χ1) is 9.37. The van der Waals surface area contributed by atoms with Crippen LogP contribution in [0.25, 0.3) is 0 Å². The lowest BCUT2D eigenvalue weighted by atomic mass is 10.2. The molecule has 20 heavy (non-hydrogen) atoms. The Morgan fingerprint density at radius 3 is 2.60 bits per heavy atom. The molecule has 0 spiro atoms. The Hall–Kier alpha value is -0.960. The van der Waals surface area contributed by atoms with Crippen molar-refractivity contribution in [1.82, 2.24) is 19.4 Å². The number of nitrogens with one attached hydrogen (secondary N) is 1. The van der Waals surface area contributed by atoms with Crippen molar-refractivity contribution in [2.75, 3.05) is 26.2 Å². The number of hydrogen-bond donors (Lipinski definition) is 1. The normalized spacial score (nSPS) is 24.9. The van der Waals surface area contributed by atoms with Crippen LogP contribution < -0.4 is 4.72 Å². The van der Waals surface area contributed by atoms with Crippen LogP contribution in [0.1, 0.15) is 13.8 Å². The zero-order valence-electron chi connectivity index (χ0n) is 12.1. The number of aryl methyl sites for hydroxylation is 1. The third-order valence-corrected chi connectivity index (χ3v) is 4.62. The first-order valence-corrected chi connectivity index (χ1v) is 8.21. The molecule has 1 N–H and O–H groups in total. The molecule has 1 aliphatic rings. The van der Waals surface area contributed by atoms with Crippen LogP contribution in [0, 0.1) is 0 Å². The standard InChI is InChI=1S/C12H22N4O3S/c1-10-7-16(8-11(2)19-10)5-4-14-20(17,18)12-6-13-15(3)9-12/h6,9-11,14H,4-5,7-8H2,1-3H3/t10-,11+. The summed E-state index contributed by atoms with van der Waals surface area (Å²) >= 11 is 0. The number of morpholine rings is 1. The van der Waals surface area contributed by atoms with E-state index in [4.69, 9.17) is 4.74 Å². The second-order valence-corrected chi connectivity index (χ2v) is 7.03. The predicted octanol–water partition coefficient (Wildman–Crippen LogP) is -0.192. The van der Waals surface area contributed by atoms with Gasteiger partial charge in [0.2, 0.25) is 10.0 Å². The number of hydrogen-bond acceptors (Lipinski definition) is 5. The molecule has 114 valence electrons. The lowest BCUT2D eigenvalue weighted by Gasteiger charge is -2.35. The quantitative estimate of drug-likeness (QED) is 0.816. The molecule has 1 saturated heterocycles. The van der Waals surface area contributed by atoms with Gasteiger partial charge in [0.25, 0.3) is 0 Å². The second kappa shape index (κ2) is 6.21. The smallest absolute Gasteiger partial charge is 0.243 e. The maximum absolute atomic E-state index is 12.0. The third kappa shape index (κ3) is 4.02. The largest absolute Gasteiger partial charge is 0.373 e. The highest BCUT2D eigenvalue weighted by atomic mass is 32.2. The van der Waals surface area contributed by atoms with Gasteiger partial charge in [-0.25, -0.2) is 13.1 Å². The topological polar surface area (TPSA) is 76.5 Å². The first kappa shape index (κ1) is 15.4. The molecule has 1 aliphatic heterocycles. The minimum absolute atomic E-state index is 0.189. The van der Waals surface area contributed by atoms with E-state index < -0.39 is 10.0 Å². The van der Waals surface area contributed by atoms with Gasteiger partial charge in [0, 0.05) is 39.4 Å². The number of rotatable bonds is 5. The first-order valence-electron chi connectivity index (χ1n) is 6.73. The maximum atomic E-state index is 12.0. The molecular weight excluding hydrogens is 280 g/mol. The van der Waals surface area contributed by atoms with Gasteiger partial charge >= 0.3 is 0 Å². The molecule has 0 bridgehead atoms. The van der Waals surface area contributed by atoms with Crippen molar-refractivity contribution in [2.24, 2.45) is 7.05 Å². The van der Waals surface area contributed by atoms with Crippen LogP contribution in [0.2, 0.25) is 0 Å². The summed E-state index contributed by atoms with van der Waals surface area (Å²) in [6, 6.07) is 0. The van der Waals surface area contributed by atoms with Crippen molar-refractivity contribution in [3.8, 4) is 0 Å².